The minimum Gasteiger partial charge on any atom is -0.480 e. The highest BCUT2D eigenvalue weighted by Gasteiger charge is 2.40. The van der Waals surface area contributed by atoms with Gasteiger partial charge in [-0.1, -0.05) is 13.8 Å². The van der Waals surface area contributed by atoms with Gasteiger partial charge in [0.1, 0.15) is 17.7 Å². The summed E-state index contributed by atoms with van der Waals surface area (Å²) < 4.78 is 5.43. The van der Waals surface area contributed by atoms with E-state index in [0.717, 1.165) is 6.42 Å². The molecule has 0 aliphatic carbocycles. The topological polar surface area (TPSA) is 116 Å². The lowest BCUT2D eigenvalue weighted by Gasteiger charge is -2.35. The molecule has 30 heavy (non-hydrogen) atoms. The molecule has 0 aromatic heterocycles. The third-order valence-corrected chi connectivity index (χ3v) is 5.57. The van der Waals surface area contributed by atoms with E-state index in [1.807, 2.05) is 0 Å². The van der Waals surface area contributed by atoms with Crippen LogP contribution >= 0.6 is 0 Å². The molecule has 2 fully saturated rings. The molecule has 3 amide bonds. The average molecular weight is 426 g/mol. The summed E-state index contributed by atoms with van der Waals surface area (Å²) in [7, 11) is 0. The Morgan fingerprint density at radius 3 is 2.13 bits per heavy atom. The molecule has 0 spiro atoms. The monoisotopic (exact) mass is 425 g/mol. The first-order chi connectivity index (χ1) is 13.9. The summed E-state index contributed by atoms with van der Waals surface area (Å²) in [5.74, 6) is -1.97. The number of carbonyl (C=O) groups excluding carboxylic acids is 3. The number of ether oxygens (including phenoxy) is 1. The van der Waals surface area contributed by atoms with Crippen LogP contribution in [0.1, 0.15) is 60.3 Å². The molecule has 170 valence electrons. The average Bonchev–Trinajstić information content (AvgIpc) is 3.13. The van der Waals surface area contributed by atoms with Gasteiger partial charge in [0.2, 0.25) is 11.8 Å². The van der Waals surface area contributed by atoms with Gasteiger partial charge in [-0.2, -0.15) is 0 Å². The fourth-order valence-electron chi connectivity index (χ4n) is 3.92. The Hall–Kier alpha value is -2.32. The Morgan fingerprint density at radius 2 is 1.63 bits per heavy atom. The van der Waals surface area contributed by atoms with Crippen molar-refractivity contribution in [3.63, 3.8) is 0 Å². The van der Waals surface area contributed by atoms with Gasteiger partial charge in [-0.05, 0) is 52.4 Å². The van der Waals surface area contributed by atoms with Crippen LogP contribution in [0.2, 0.25) is 0 Å². The van der Waals surface area contributed by atoms with Crippen molar-refractivity contribution in [1.82, 2.24) is 15.1 Å². The fourth-order valence-corrected chi connectivity index (χ4v) is 3.92. The summed E-state index contributed by atoms with van der Waals surface area (Å²) in [5, 5.41) is 11.9. The van der Waals surface area contributed by atoms with E-state index >= 15 is 0 Å². The SMILES string of the molecule is CC(C)[C@H](NC(=O)C1CCN(C(=O)[C@@H]2CCCN2C(=O)OC(C)(C)C)CC1)C(=O)O. The minimum atomic E-state index is -1.05. The number of amides is 3. The first kappa shape index (κ1) is 24.0. The maximum Gasteiger partial charge on any atom is 0.410 e. The smallest absolute Gasteiger partial charge is 0.410 e. The molecule has 2 saturated heterocycles. The van der Waals surface area contributed by atoms with E-state index in [2.05, 4.69) is 5.32 Å². The molecular formula is C21H35N3O6. The summed E-state index contributed by atoms with van der Waals surface area (Å²) >= 11 is 0. The number of piperidine rings is 1. The molecule has 2 aliphatic heterocycles. The Balaban J connectivity index is 1.91. The molecule has 2 heterocycles. The molecule has 0 saturated carbocycles. The Bertz CT molecular complexity index is 664. The van der Waals surface area contributed by atoms with Crippen LogP contribution < -0.4 is 5.32 Å². The zero-order valence-corrected chi connectivity index (χ0v) is 18.6. The number of nitrogens with zero attached hydrogens (tertiary/aromatic N) is 2. The number of carbonyl (C=O) groups is 4. The Labute approximate surface area is 178 Å². The standard InChI is InChI=1S/C21H35N3O6/c1-13(2)16(19(27)28)22-17(25)14-8-11-23(12-9-14)18(26)15-7-6-10-24(15)20(29)30-21(3,4)5/h13-16H,6-12H2,1-5H3,(H,22,25)(H,27,28)/t15-,16-/m0/s1. The molecule has 2 aliphatic rings. The van der Waals surface area contributed by atoms with Gasteiger partial charge in [0.05, 0.1) is 0 Å². The van der Waals surface area contributed by atoms with E-state index in [-0.39, 0.29) is 23.7 Å². The maximum atomic E-state index is 13.0. The van der Waals surface area contributed by atoms with Gasteiger partial charge in [-0.3, -0.25) is 14.5 Å². The number of nitrogens with one attached hydrogen (secondary N) is 1. The Kier molecular flexibility index (Phi) is 7.71. The first-order valence-electron chi connectivity index (χ1n) is 10.7. The third-order valence-electron chi connectivity index (χ3n) is 5.57. The van der Waals surface area contributed by atoms with Gasteiger partial charge in [0.25, 0.3) is 0 Å². The van der Waals surface area contributed by atoms with Crippen molar-refractivity contribution in [1.29, 1.82) is 0 Å². The van der Waals surface area contributed by atoms with Crippen LogP contribution in [0, 0.1) is 11.8 Å². The molecule has 2 atom stereocenters. The zero-order chi connectivity index (χ0) is 22.6. The number of hydrogen-bond donors (Lipinski definition) is 2. The molecule has 0 aromatic carbocycles. The van der Waals surface area contributed by atoms with Crippen LogP contribution in [0.25, 0.3) is 0 Å². The van der Waals surface area contributed by atoms with Crippen LogP contribution in [0.3, 0.4) is 0 Å². The number of rotatable bonds is 5. The lowest BCUT2D eigenvalue weighted by atomic mass is 9.94. The van der Waals surface area contributed by atoms with Gasteiger partial charge in [-0.25, -0.2) is 9.59 Å². The first-order valence-corrected chi connectivity index (χ1v) is 10.7. The molecular weight excluding hydrogens is 390 g/mol. The molecule has 0 radical (unpaired) electrons. The highest BCUT2D eigenvalue weighted by molar-refractivity contribution is 5.87. The van der Waals surface area contributed by atoms with Crippen molar-refractivity contribution in [3.8, 4) is 0 Å². The third kappa shape index (κ3) is 6.09. The number of aliphatic carboxylic acids is 1. The zero-order valence-electron chi connectivity index (χ0n) is 18.6. The van der Waals surface area contributed by atoms with E-state index in [4.69, 9.17) is 4.74 Å². The van der Waals surface area contributed by atoms with E-state index < -0.39 is 29.7 Å². The van der Waals surface area contributed by atoms with Crippen LogP contribution in [0.5, 0.6) is 0 Å². The van der Waals surface area contributed by atoms with Crippen LogP contribution in [-0.4, -0.2) is 76.1 Å². The second-order valence-electron chi connectivity index (χ2n) is 9.50. The van der Waals surface area contributed by atoms with E-state index in [0.29, 0.717) is 38.9 Å². The van der Waals surface area contributed by atoms with E-state index in [9.17, 15) is 24.3 Å². The van der Waals surface area contributed by atoms with Crippen molar-refractivity contribution in [2.24, 2.45) is 11.8 Å². The summed E-state index contributed by atoms with van der Waals surface area (Å²) in [6.45, 7) is 10.2. The number of carboxylic acids is 1. The lowest BCUT2D eigenvalue weighted by molar-refractivity contribution is -0.144. The van der Waals surface area contributed by atoms with Crippen LogP contribution in [0.15, 0.2) is 0 Å². The predicted molar refractivity (Wildman–Crippen MR) is 110 cm³/mol. The molecule has 9 heteroatoms. The van der Waals surface area contributed by atoms with Crippen molar-refractivity contribution in [2.45, 2.75) is 78.0 Å². The molecule has 2 rings (SSSR count). The highest BCUT2D eigenvalue weighted by Crippen LogP contribution is 2.25. The van der Waals surface area contributed by atoms with Gasteiger partial charge in [0.15, 0.2) is 0 Å². The van der Waals surface area contributed by atoms with Gasteiger partial charge in [0, 0.05) is 25.6 Å². The van der Waals surface area contributed by atoms with Crippen molar-refractivity contribution in [2.75, 3.05) is 19.6 Å². The minimum absolute atomic E-state index is 0.109. The van der Waals surface area contributed by atoms with Crippen molar-refractivity contribution >= 4 is 23.9 Å². The summed E-state index contributed by atoms with van der Waals surface area (Å²) in [4.78, 5) is 52.5. The second kappa shape index (κ2) is 9.66. The maximum absolute atomic E-state index is 13.0. The van der Waals surface area contributed by atoms with Crippen LogP contribution in [-0.2, 0) is 19.1 Å². The van der Waals surface area contributed by atoms with Crippen LogP contribution in [0.4, 0.5) is 4.79 Å². The quantitative estimate of drug-likeness (QED) is 0.694. The summed E-state index contributed by atoms with van der Waals surface area (Å²) in [6, 6.07) is -1.44. The fraction of sp³-hybridized carbons (Fsp3) is 0.810. The van der Waals surface area contributed by atoms with E-state index in [1.54, 1.807) is 39.5 Å². The normalized spacial score (nSPS) is 21.5. The highest BCUT2D eigenvalue weighted by atomic mass is 16.6. The number of carboxylic acid groups (broad SMARTS) is 1. The van der Waals surface area contributed by atoms with Gasteiger partial charge >= 0.3 is 12.1 Å². The Morgan fingerprint density at radius 1 is 1.03 bits per heavy atom. The predicted octanol–water partition coefficient (Wildman–Crippen LogP) is 1.85. The molecule has 0 bridgehead atoms. The van der Waals surface area contributed by atoms with Crippen molar-refractivity contribution in [3.05, 3.63) is 0 Å². The number of likely N-dealkylation sites (tertiary alicyclic amines) is 2. The molecule has 2 N–H and O–H groups in total. The lowest BCUT2D eigenvalue weighted by Crippen LogP contribution is -2.53. The second-order valence-corrected chi connectivity index (χ2v) is 9.50. The van der Waals surface area contributed by atoms with E-state index in [1.165, 1.54) is 4.90 Å². The molecule has 9 nitrogen and oxygen atoms in total. The summed E-state index contributed by atoms with van der Waals surface area (Å²) in [6.07, 6.45) is 1.83. The summed E-state index contributed by atoms with van der Waals surface area (Å²) in [5.41, 5.74) is -0.622. The number of hydrogen-bond acceptors (Lipinski definition) is 5. The molecule has 0 unspecified atom stereocenters. The molecule has 0 aromatic rings. The van der Waals surface area contributed by atoms with Crippen molar-refractivity contribution < 1.29 is 29.0 Å². The van der Waals surface area contributed by atoms with Gasteiger partial charge < -0.3 is 20.1 Å². The largest absolute Gasteiger partial charge is 0.480 e. The van der Waals surface area contributed by atoms with Gasteiger partial charge in [-0.15, -0.1) is 0 Å².